The Hall–Kier alpha value is -5.30. The number of aromatic nitrogens is 2. The summed E-state index contributed by atoms with van der Waals surface area (Å²) in [5, 5.41) is 10.8. The molecule has 4 aromatic carbocycles. The minimum atomic E-state index is -0.283. The van der Waals surface area contributed by atoms with Crippen molar-refractivity contribution in [1.82, 2.24) is 9.78 Å². The van der Waals surface area contributed by atoms with Crippen LogP contribution in [-0.4, -0.2) is 21.4 Å². The molecule has 5 aromatic rings. The van der Waals surface area contributed by atoms with Crippen molar-refractivity contribution in [3.63, 3.8) is 0 Å². The Morgan fingerprint density at radius 1 is 0.850 bits per heavy atom. The fraction of sp³-hybridized carbons (Fsp3) is 0.0606. The van der Waals surface area contributed by atoms with Crippen molar-refractivity contribution in [1.29, 1.82) is 0 Å². The predicted octanol–water partition coefficient (Wildman–Crippen LogP) is 7.06. The first-order valence-electron chi connectivity index (χ1n) is 12.8. The lowest BCUT2D eigenvalue weighted by atomic mass is 10.0. The van der Waals surface area contributed by atoms with Crippen molar-refractivity contribution in [2.24, 2.45) is 5.10 Å². The molecule has 6 rings (SSSR count). The standard InChI is InChI=1S/C33H25FN4O2/c1-23-31(33(39)38(35-23)29-12-6-3-7-13-29)20-26-21-37(28-10-4-2-5-11-28)36-32(26)25-9-8-14-30(19-25)40-22-24-15-17-27(34)18-16-24/h2-21H,22H2,1H3. The topological polar surface area (TPSA) is 59.7 Å². The SMILES string of the molecule is CC1=NN(c2ccccc2)C(=O)C1=Cc1cn(-c2ccccc2)nc1-c1cccc(OCc2ccc(F)cc2)c1. The summed E-state index contributed by atoms with van der Waals surface area (Å²) in [5.74, 6) is 0.174. The molecule has 40 heavy (non-hydrogen) atoms. The molecule has 0 unspecified atom stereocenters. The van der Waals surface area contributed by atoms with Gasteiger partial charge in [-0.15, -0.1) is 0 Å². The zero-order valence-electron chi connectivity index (χ0n) is 21.7. The summed E-state index contributed by atoms with van der Waals surface area (Å²) in [6, 6.07) is 33.0. The summed E-state index contributed by atoms with van der Waals surface area (Å²) < 4.78 is 21.1. The fourth-order valence-corrected chi connectivity index (χ4v) is 4.49. The first-order valence-corrected chi connectivity index (χ1v) is 12.8. The molecule has 7 heteroatoms. The maximum atomic E-state index is 13.4. The third kappa shape index (κ3) is 5.17. The van der Waals surface area contributed by atoms with Crippen LogP contribution >= 0.6 is 0 Å². The number of hydrogen-bond acceptors (Lipinski definition) is 4. The van der Waals surface area contributed by atoms with Gasteiger partial charge < -0.3 is 4.74 Å². The van der Waals surface area contributed by atoms with Gasteiger partial charge in [-0.2, -0.15) is 15.2 Å². The van der Waals surface area contributed by atoms with Crippen LogP contribution in [0.3, 0.4) is 0 Å². The first-order chi connectivity index (χ1) is 19.5. The highest BCUT2D eigenvalue weighted by atomic mass is 19.1. The highest BCUT2D eigenvalue weighted by Gasteiger charge is 2.29. The quantitative estimate of drug-likeness (QED) is 0.213. The summed E-state index contributed by atoms with van der Waals surface area (Å²) in [6.07, 6.45) is 3.76. The molecule has 0 aliphatic carbocycles. The van der Waals surface area contributed by atoms with E-state index < -0.39 is 0 Å². The first kappa shape index (κ1) is 25.0. The van der Waals surface area contributed by atoms with E-state index in [0.29, 0.717) is 35.0 Å². The molecule has 1 aromatic heterocycles. The van der Waals surface area contributed by atoms with Gasteiger partial charge in [0.05, 0.1) is 22.7 Å². The number of nitrogens with zero attached hydrogens (tertiary/aromatic N) is 4. The second-order valence-corrected chi connectivity index (χ2v) is 9.35. The number of anilines is 1. The van der Waals surface area contributed by atoms with E-state index in [1.54, 1.807) is 16.8 Å². The molecule has 0 atom stereocenters. The molecule has 196 valence electrons. The van der Waals surface area contributed by atoms with Gasteiger partial charge in [-0.3, -0.25) is 4.79 Å². The van der Waals surface area contributed by atoms with E-state index in [9.17, 15) is 9.18 Å². The Bertz CT molecular complexity index is 1730. The molecule has 0 radical (unpaired) electrons. The molecule has 6 nitrogen and oxygen atoms in total. The Morgan fingerprint density at radius 3 is 2.27 bits per heavy atom. The van der Waals surface area contributed by atoms with Gasteiger partial charge in [0.15, 0.2) is 0 Å². The third-order valence-electron chi connectivity index (χ3n) is 6.55. The number of hydrogen-bond donors (Lipinski definition) is 0. The lowest BCUT2D eigenvalue weighted by Crippen LogP contribution is -2.21. The van der Waals surface area contributed by atoms with E-state index in [4.69, 9.17) is 9.84 Å². The molecule has 1 aliphatic rings. The van der Waals surface area contributed by atoms with E-state index in [2.05, 4.69) is 5.10 Å². The molecule has 0 fully saturated rings. The molecular weight excluding hydrogens is 503 g/mol. The van der Waals surface area contributed by atoms with Gasteiger partial charge >= 0.3 is 0 Å². The molecule has 2 heterocycles. The summed E-state index contributed by atoms with van der Waals surface area (Å²) in [7, 11) is 0. The zero-order chi connectivity index (χ0) is 27.5. The summed E-state index contributed by atoms with van der Waals surface area (Å²) in [4.78, 5) is 13.4. The number of halogens is 1. The Morgan fingerprint density at radius 2 is 1.55 bits per heavy atom. The number of para-hydroxylation sites is 2. The Kier molecular flexibility index (Phi) is 6.77. The summed E-state index contributed by atoms with van der Waals surface area (Å²) in [5.41, 5.74) is 5.90. The molecule has 0 spiro atoms. The van der Waals surface area contributed by atoms with Crippen LogP contribution in [0.1, 0.15) is 18.1 Å². The zero-order valence-corrected chi connectivity index (χ0v) is 21.7. The van der Waals surface area contributed by atoms with Crippen LogP contribution in [0, 0.1) is 5.82 Å². The number of hydrazone groups is 1. The van der Waals surface area contributed by atoms with Gasteiger partial charge in [-0.25, -0.2) is 9.07 Å². The van der Waals surface area contributed by atoms with Crippen LogP contribution in [0.2, 0.25) is 0 Å². The average Bonchev–Trinajstić information content (AvgIpc) is 3.55. The van der Waals surface area contributed by atoms with Crippen LogP contribution in [0.5, 0.6) is 5.75 Å². The molecule has 1 aliphatic heterocycles. The van der Waals surface area contributed by atoms with E-state index in [0.717, 1.165) is 22.4 Å². The van der Waals surface area contributed by atoms with Crippen LogP contribution in [0.25, 0.3) is 23.0 Å². The Labute approximate surface area is 231 Å². The van der Waals surface area contributed by atoms with Crippen molar-refractivity contribution in [3.05, 3.63) is 138 Å². The maximum absolute atomic E-state index is 13.4. The molecule has 0 saturated carbocycles. The summed E-state index contributed by atoms with van der Waals surface area (Å²) in [6.45, 7) is 2.14. The number of carbonyl (C=O) groups excluding carboxylic acids is 1. The van der Waals surface area contributed by atoms with Crippen LogP contribution in [0.15, 0.2) is 126 Å². The van der Waals surface area contributed by atoms with Gasteiger partial charge in [0, 0.05) is 17.3 Å². The monoisotopic (exact) mass is 528 g/mol. The minimum Gasteiger partial charge on any atom is -0.489 e. The Balaban J connectivity index is 1.36. The molecular formula is C33H25FN4O2. The normalized spacial score (nSPS) is 14.1. The maximum Gasteiger partial charge on any atom is 0.280 e. The van der Waals surface area contributed by atoms with Crippen molar-refractivity contribution >= 4 is 23.4 Å². The van der Waals surface area contributed by atoms with Gasteiger partial charge in [0.2, 0.25) is 0 Å². The van der Waals surface area contributed by atoms with Gasteiger partial charge in [0.25, 0.3) is 5.91 Å². The molecule has 0 saturated heterocycles. The highest BCUT2D eigenvalue weighted by Crippen LogP contribution is 2.31. The van der Waals surface area contributed by atoms with Gasteiger partial charge in [0.1, 0.15) is 23.9 Å². The van der Waals surface area contributed by atoms with Crippen molar-refractivity contribution in [2.75, 3.05) is 5.01 Å². The molecule has 1 amide bonds. The van der Waals surface area contributed by atoms with Crippen LogP contribution < -0.4 is 9.75 Å². The predicted molar refractivity (Wildman–Crippen MR) is 155 cm³/mol. The van der Waals surface area contributed by atoms with Crippen LogP contribution in [0.4, 0.5) is 10.1 Å². The van der Waals surface area contributed by atoms with E-state index in [1.165, 1.54) is 17.1 Å². The van der Waals surface area contributed by atoms with E-state index in [-0.39, 0.29) is 11.7 Å². The fourth-order valence-electron chi connectivity index (χ4n) is 4.49. The second-order valence-electron chi connectivity index (χ2n) is 9.35. The lowest BCUT2D eigenvalue weighted by molar-refractivity contribution is -0.114. The number of amides is 1. The average molecular weight is 529 g/mol. The smallest absolute Gasteiger partial charge is 0.280 e. The molecule has 0 N–H and O–H groups in total. The number of ether oxygens (including phenoxy) is 1. The van der Waals surface area contributed by atoms with Crippen LogP contribution in [-0.2, 0) is 11.4 Å². The molecule has 0 bridgehead atoms. The van der Waals surface area contributed by atoms with Crippen molar-refractivity contribution in [3.8, 4) is 22.7 Å². The largest absolute Gasteiger partial charge is 0.489 e. The van der Waals surface area contributed by atoms with Crippen molar-refractivity contribution < 1.29 is 13.9 Å². The van der Waals surface area contributed by atoms with Gasteiger partial charge in [-0.1, -0.05) is 60.7 Å². The van der Waals surface area contributed by atoms with Gasteiger partial charge in [-0.05, 0) is 67.1 Å². The van der Waals surface area contributed by atoms with E-state index >= 15 is 0 Å². The van der Waals surface area contributed by atoms with Crippen molar-refractivity contribution in [2.45, 2.75) is 13.5 Å². The number of rotatable bonds is 7. The second kappa shape index (κ2) is 10.8. The number of carbonyl (C=O) groups is 1. The lowest BCUT2D eigenvalue weighted by Gasteiger charge is -2.11. The third-order valence-corrected chi connectivity index (χ3v) is 6.55. The summed E-state index contributed by atoms with van der Waals surface area (Å²) >= 11 is 0. The highest BCUT2D eigenvalue weighted by molar-refractivity contribution is 6.32. The number of benzene rings is 4. The minimum absolute atomic E-state index is 0.196. The van der Waals surface area contributed by atoms with E-state index in [1.807, 2.05) is 104 Å².